The number of anilines is 1. The highest BCUT2D eigenvalue weighted by Gasteiger charge is 2.06. The Morgan fingerprint density at radius 3 is 3.00 bits per heavy atom. The Morgan fingerprint density at radius 2 is 2.29 bits per heavy atom. The van der Waals surface area contributed by atoms with E-state index < -0.39 is 0 Å². The Labute approximate surface area is 109 Å². The molecule has 0 spiro atoms. The van der Waals surface area contributed by atoms with Crippen LogP contribution in [0.1, 0.15) is 18.9 Å². The first-order chi connectivity index (χ1) is 8.29. The SMILES string of the molecule is CCCNCc1ccncc1N(C)CCSC. The summed E-state index contributed by atoms with van der Waals surface area (Å²) in [6, 6.07) is 2.10. The monoisotopic (exact) mass is 253 g/mol. The van der Waals surface area contributed by atoms with Gasteiger partial charge in [-0.3, -0.25) is 4.98 Å². The molecule has 17 heavy (non-hydrogen) atoms. The molecule has 4 heteroatoms. The van der Waals surface area contributed by atoms with Crippen LogP contribution in [0.4, 0.5) is 5.69 Å². The van der Waals surface area contributed by atoms with Crippen LogP contribution in [0.5, 0.6) is 0 Å². The van der Waals surface area contributed by atoms with Crippen molar-refractivity contribution in [1.29, 1.82) is 0 Å². The summed E-state index contributed by atoms with van der Waals surface area (Å²) >= 11 is 1.87. The molecule has 1 N–H and O–H groups in total. The molecule has 0 saturated heterocycles. The minimum absolute atomic E-state index is 0.926. The first kappa shape index (κ1) is 14.3. The zero-order valence-corrected chi connectivity index (χ0v) is 11.9. The number of pyridine rings is 1. The summed E-state index contributed by atoms with van der Waals surface area (Å²) in [5, 5.41) is 3.44. The quantitative estimate of drug-likeness (QED) is 0.720. The van der Waals surface area contributed by atoms with Gasteiger partial charge in [0.2, 0.25) is 0 Å². The lowest BCUT2D eigenvalue weighted by Gasteiger charge is -2.21. The molecule has 0 aliphatic heterocycles. The maximum atomic E-state index is 4.23. The van der Waals surface area contributed by atoms with E-state index in [0.717, 1.165) is 25.4 Å². The van der Waals surface area contributed by atoms with Crippen LogP contribution < -0.4 is 10.2 Å². The van der Waals surface area contributed by atoms with Gasteiger partial charge in [0.25, 0.3) is 0 Å². The van der Waals surface area contributed by atoms with E-state index in [1.807, 2.05) is 24.2 Å². The van der Waals surface area contributed by atoms with E-state index in [0.29, 0.717) is 0 Å². The molecule has 0 amide bonds. The topological polar surface area (TPSA) is 28.2 Å². The predicted molar refractivity (Wildman–Crippen MR) is 77.9 cm³/mol. The maximum Gasteiger partial charge on any atom is 0.0596 e. The molecule has 3 nitrogen and oxygen atoms in total. The van der Waals surface area contributed by atoms with Crippen LogP contribution in [-0.4, -0.2) is 37.1 Å². The minimum Gasteiger partial charge on any atom is -0.372 e. The van der Waals surface area contributed by atoms with Crippen molar-refractivity contribution in [1.82, 2.24) is 10.3 Å². The van der Waals surface area contributed by atoms with E-state index in [9.17, 15) is 0 Å². The van der Waals surface area contributed by atoms with Crippen LogP contribution in [0, 0.1) is 0 Å². The zero-order chi connectivity index (χ0) is 12.5. The lowest BCUT2D eigenvalue weighted by molar-refractivity contribution is 0.673. The third-order valence-corrected chi connectivity index (χ3v) is 3.26. The van der Waals surface area contributed by atoms with Crippen molar-refractivity contribution in [2.24, 2.45) is 0 Å². The molecule has 0 saturated carbocycles. The molecule has 96 valence electrons. The number of thioether (sulfide) groups is 1. The van der Waals surface area contributed by atoms with Gasteiger partial charge in [0.1, 0.15) is 0 Å². The van der Waals surface area contributed by atoms with E-state index in [4.69, 9.17) is 0 Å². The van der Waals surface area contributed by atoms with Crippen molar-refractivity contribution in [3.63, 3.8) is 0 Å². The molecule has 0 unspecified atom stereocenters. The number of hydrogen-bond donors (Lipinski definition) is 1. The Morgan fingerprint density at radius 1 is 1.47 bits per heavy atom. The third kappa shape index (κ3) is 4.96. The summed E-state index contributed by atoms with van der Waals surface area (Å²) in [5.41, 5.74) is 2.57. The standard InChI is InChI=1S/C13H23N3S/c1-4-6-14-10-12-5-7-15-11-13(12)16(2)8-9-17-3/h5,7,11,14H,4,6,8-10H2,1-3H3. The molecule has 0 fully saturated rings. The van der Waals surface area contributed by atoms with Gasteiger partial charge in [-0.2, -0.15) is 11.8 Å². The van der Waals surface area contributed by atoms with Crippen LogP contribution in [0.15, 0.2) is 18.5 Å². The molecule has 0 aromatic carbocycles. The summed E-state index contributed by atoms with van der Waals surface area (Å²) in [6.07, 6.45) is 7.14. The fourth-order valence-electron chi connectivity index (χ4n) is 1.66. The maximum absolute atomic E-state index is 4.23. The van der Waals surface area contributed by atoms with Gasteiger partial charge in [-0.25, -0.2) is 0 Å². The molecular formula is C13H23N3S. The van der Waals surface area contributed by atoms with Crippen molar-refractivity contribution in [3.05, 3.63) is 24.0 Å². The number of aromatic nitrogens is 1. The van der Waals surface area contributed by atoms with Crippen molar-refractivity contribution in [3.8, 4) is 0 Å². The average Bonchev–Trinajstić information content (AvgIpc) is 2.37. The molecule has 0 atom stereocenters. The van der Waals surface area contributed by atoms with Crippen LogP contribution in [0.25, 0.3) is 0 Å². The van der Waals surface area contributed by atoms with Gasteiger partial charge in [-0.05, 0) is 30.9 Å². The van der Waals surface area contributed by atoms with E-state index in [1.165, 1.54) is 17.7 Å². The third-order valence-electron chi connectivity index (χ3n) is 2.67. The van der Waals surface area contributed by atoms with E-state index in [1.54, 1.807) is 0 Å². The van der Waals surface area contributed by atoms with Gasteiger partial charge in [0.05, 0.1) is 11.9 Å². The Bertz CT molecular complexity index is 317. The van der Waals surface area contributed by atoms with Gasteiger partial charge in [0.15, 0.2) is 0 Å². The highest BCUT2D eigenvalue weighted by Crippen LogP contribution is 2.17. The van der Waals surface area contributed by atoms with E-state index in [-0.39, 0.29) is 0 Å². The fraction of sp³-hybridized carbons (Fsp3) is 0.615. The van der Waals surface area contributed by atoms with Gasteiger partial charge < -0.3 is 10.2 Å². The van der Waals surface area contributed by atoms with Gasteiger partial charge in [0, 0.05) is 32.1 Å². The average molecular weight is 253 g/mol. The van der Waals surface area contributed by atoms with Gasteiger partial charge >= 0.3 is 0 Å². The number of hydrogen-bond acceptors (Lipinski definition) is 4. The molecule has 0 bridgehead atoms. The number of nitrogens with one attached hydrogen (secondary N) is 1. The first-order valence-corrected chi connectivity index (χ1v) is 7.52. The van der Waals surface area contributed by atoms with Crippen LogP contribution >= 0.6 is 11.8 Å². The van der Waals surface area contributed by atoms with E-state index in [2.05, 4.69) is 41.5 Å². The van der Waals surface area contributed by atoms with Gasteiger partial charge in [-0.1, -0.05) is 6.92 Å². The largest absolute Gasteiger partial charge is 0.372 e. The highest BCUT2D eigenvalue weighted by molar-refractivity contribution is 7.98. The number of rotatable bonds is 8. The summed E-state index contributed by atoms with van der Waals surface area (Å²) in [5.74, 6) is 1.15. The van der Waals surface area contributed by atoms with Crippen LogP contribution in [0.2, 0.25) is 0 Å². The number of nitrogens with zero attached hydrogens (tertiary/aromatic N) is 2. The minimum atomic E-state index is 0.926. The van der Waals surface area contributed by atoms with Gasteiger partial charge in [-0.15, -0.1) is 0 Å². The van der Waals surface area contributed by atoms with Crippen molar-refractivity contribution in [2.45, 2.75) is 19.9 Å². The molecule has 0 radical (unpaired) electrons. The summed E-state index contributed by atoms with van der Waals surface area (Å²) in [6.45, 7) is 5.24. The Kier molecular flexibility index (Phi) is 7.05. The predicted octanol–water partition coefficient (Wildman–Crippen LogP) is 2.38. The normalized spacial score (nSPS) is 10.5. The second-order valence-electron chi connectivity index (χ2n) is 4.10. The van der Waals surface area contributed by atoms with Crippen molar-refractivity contribution >= 4 is 17.4 Å². The summed E-state index contributed by atoms with van der Waals surface area (Å²) < 4.78 is 0. The van der Waals surface area contributed by atoms with Crippen molar-refractivity contribution < 1.29 is 0 Å². The van der Waals surface area contributed by atoms with E-state index >= 15 is 0 Å². The first-order valence-electron chi connectivity index (χ1n) is 6.13. The van der Waals surface area contributed by atoms with Crippen molar-refractivity contribution in [2.75, 3.05) is 37.0 Å². The Hall–Kier alpha value is -0.740. The highest BCUT2D eigenvalue weighted by atomic mass is 32.2. The second-order valence-corrected chi connectivity index (χ2v) is 5.08. The molecule has 1 aromatic rings. The Balaban J connectivity index is 2.62. The summed E-state index contributed by atoms with van der Waals surface area (Å²) in [4.78, 5) is 6.51. The van der Waals surface area contributed by atoms with Crippen LogP contribution in [0.3, 0.4) is 0 Å². The summed E-state index contributed by atoms with van der Waals surface area (Å²) in [7, 11) is 2.14. The lowest BCUT2D eigenvalue weighted by atomic mass is 10.2. The fourth-order valence-corrected chi connectivity index (χ4v) is 2.11. The molecule has 1 aromatic heterocycles. The lowest BCUT2D eigenvalue weighted by Crippen LogP contribution is -2.23. The second kappa shape index (κ2) is 8.37. The molecule has 0 aliphatic carbocycles. The zero-order valence-electron chi connectivity index (χ0n) is 11.1. The van der Waals surface area contributed by atoms with Crippen LogP contribution in [-0.2, 0) is 6.54 Å². The smallest absolute Gasteiger partial charge is 0.0596 e. The molecule has 0 aliphatic rings. The molecule has 1 rings (SSSR count). The molecule has 1 heterocycles. The molecular weight excluding hydrogens is 230 g/mol.